The molecule has 0 fully saturated rings. The van der Waals surface area contributed by atoms with Crippen LogP contribution in [0.4, 0.5) is 5.69 Å². The molecular weight excluding hydrogens is 406 g/mol. The lowest BCUT2D eigenvalue weighted by atomic mass is 9.93. The molecule has 0 unspecified atom stereocenters. The molecule has 2 N–H and O–H groups in total. The highest BCUT2D eigenvalue weighted by molar-refractivity contribution is 6.31. The predicted molar refractivity (Wildman–Crippen MR) is 113 cm³/mol. The van der Waals surface area contributed by atoms with Crippen LogP contribution in [0, 0.1) is 13.8 Å². The number of hydrogen-bond donors (Lipinski definition) is 2. The molecule has 1 aliphatic rings. The van der Waals surface area contributed by atoms with Crippen LogP contribution in [-0.4, -0.2) is 17.5 Å². The van der Waals surface area contributed by atoms with Crippen molar-refractivity contribution >= 4 is 34.8 Å². The average molecular weight is 426 g/mol. The second-order valence-corrected chi connectivity index (χ2v) is 7.46. The summed E-state index contributed by atoms with van der Waals surface area (Å²) in [4.78, 5) is 25.0. The molecule has 4 rings (SSSR count). The Labute approximate surface area is 178 Å². The first kappa shape index (κ1) is 20.0. The second-order valence-electron chi connectivity index (χ2n) is 7.05. The second kappa shape index (κ2) is 8.20. The molecule has 2 amide bonds. The molecule has 0 bridgehead atoms. The first-order chi connectivity index (χ1) is 14.5. The van der Waals surface area contributed by atoms with Gasteiger partial charge in [0.25, 0.3) is 5.91 Å². The smallest absolute Gasteiger partial charge is 0.307 e. The third-order valence-corrected chi connectivity index (χ3v) is 5.49. The largest absolute Gasteiger partial charge is 0.459 e. The van der Waals surface area contributed by atoms with Crippen LogP contribution >= 0.6 is 11.6 Å². The van der Waals surface area contributed by atoms with Crippen molar-refractivity contribution in [3.8, 4) is 0 Å². The Kier molecular flexibility index (Phi) is 5.46. The molecule has 154 valence electrons. The van der Waals surface area contributed by atoms with E-state index in [0.717, 1.165) is 17.5 Å². The van der Waals surface area contributed by atoms with Crippen LogP contribution in [0.25, 0.3) is 0 Å². The standard InChI is InChI=1S/C22H20ClN3O4/c1-12-14(23)6-3-7-15(12)24-22(28)20-13(2)19-16(8-4-9-17(19)30-20)25-26-21(27)18-10-5-11-29-18/h3,5-7,10-11H,4,8-9H2,1-2H3,(H,24,28)(H,26,27)/b25-16+. The number of fused-ring (bicyclic) bond motifs is 1. The Balaban J connectivity index is 1.59. The predicted octanol–water partition coefficient (Wildman–Crippen LogP) is 4.87. The van der Waals surface area contributed by atoms with Crippen molar-refractivity contribution in [2.24, 2.45) is 5.10 Å². The van der Waals surface area contributed by atoms with Crippen molar-refractivity contribution in [2.45, 2.75) is 33.1 Å². The Bertz CT molecular complexity index is 1150. The van der Waals surface area contributed by atoms with Gasteiger partial charge in [-0.2, -0.15) is 5.10 Å². The molecule has 8 heteroatoms. The van der Waals surface area contributed by atoms with E-state index in [2.05, 4.69) is 15.8 Å². The fraction of sp³-hybridized carbons (Fsp3) is 0.227. The number of halogens is 1. The minimum atomic E-state index is -0.435. The number of hydrazone groups is 1. The summed E-state index contributed by atoms with van der Waals surface area (Å²) < 4.78 is 11.0. The quantitative estimate of drug-likeness (QED) is 0.583. The summed E-state index contributed by atoms with van der Waals surface area (Å²) in [6.45, 7) is 3.65. The monoisotopic (exact) mass is 425 g/mol. The van der Waals surface area contributed by atoms with E-state index in [1.165, 1.54) is 6.26 Å². The Morgan fingerprint density at radius 2 is 1.90 bits per heavy atom. The van der Waals surface area contributed by atoms with Gasteiger partial charge in [-0.3, -0.25) is 9.59 Å². The Hall–Kier alpha value is -3.32. The van der Waals surface area contributed by atoms with Crippen molar-refractivity contribution in [2.75, 3.05) is 5.32 Å². The van der Waals surface area contributed by atoms with Crippen molar-refractivity contribution in [1.29, 1.82) is 0 Å². The normalized spacial score (nSPS) is 14.4. The van der Waals surface area contributed by atoms with Gasteiger partial charge >= 0.3 is 5.91 Å². The lowest BCUT2D eigenvalue weighted by Gasteiger charge is -2.13. The number of carbonyl (C=O) groups excluding carboxylic acids is 2. The molecule has 0 radical (unpaired) electrons. The van der Waals surface area contributed by atoms with Gasteiger partial charge in [-0.05, 0) is 56.5 Å². The third-order valence-electron chi connectivity index (χ3n) is 5.09. The number of hydrogen-bond acceptors (Lipinski definition) is 5. The van der Waals surface area contributed by atoms with E-state index >= 15 is 0 Å². The van der Waals surface area contributed by atoms with E-state index < -0.39 is 5.91 Å². The number of rotatable bonds is 4. The van der Waals surface area contributed by atoms with Crippen LogP contribution < -0.4 is 10.7 Å². The minimum absolute atomic E-state index is 0.177. The zero-order valence-corrected chi connectivity index (χ0v) is 17.3. The van der Waals surface area contributed by atoms with Crippen molar-refractivity contribution < 1.29 is 18.4 Å². The number of anilines is 1. The molecule has 0 aliphatic heterocycles. The fourth-order valence-electron chi connectivity index (χ4n) is 3.50. The third kappa shape index (κ3) is 3.76. The highest BCUT2D eigenvalue weighted by Gasteiger charge is 2.28. The topological polar surface area (TPSA) is 96.8 Å². The van der Waals surface area contributed by atoms with Crippen LogP contribution in [0.3, 0.4) is 0 Å². The van der Waals surface area contributed by atoms with E-state index in [0.29, 0.717) is 40.6 Å². The van der Waals surface area contributed by atoms with E-state index in [4.69, 9.17) is 20.4 Å². The van der Waals surface area contributed by atoms with Crippen molar-refractivity contribution in [3.05, 3.63) is 75.6 Å². The molecule has 0 saturated heterocycles. The van der Waals surface area contributed by atoms with E-state index in [1.54, 1.807) is 30.3 Å². The fourth-order valence-corrected chi connectivity index (χ4v) is 3.67. The molecule has 3 aromatic rings. The lowest BCUT2D eigenvalue weighted by Crippen LogP contribution is -2.21. The number of nitrogens with one attached hydrogen (secondary N) is 2. The van der Waals surface area contributed by atoms with Gasteiger partial charge < -0.3 is 14.2 Å². The number of aryl methyl sites for hydroxylation is 1. The van der Waals surface area contributed by atoms with Gasteiger partial charge in [-0.15, -0.1) is 0 Å². The van der Waals surface area contributed by atoms with E-state index in [9.17, 15) is 9.59 Å². The lowest BCUT2D eigenvalue weighted by molar-refractivity contribution is 0.0926. The molecule has 1 aliphatic carbocycles. The number of benzene rings is 1. The zero-order valence-electron chi connectivity index (χ0n) is 16.5. The highest BCUT2D eigenvalue weighted by Crippen LogP contribution is 2.31. The number of furan rings is 2. The number of carbonyl (C=O) groups is 2. The molecule has 7 nitrogen and oxygen atoms in total. The molecule has 2 aromatic heterocycles. The molecule has 2 heterocycles. The maximum atomic E-state index is 12.9. The first-order valence-corrected chi connectivity index (χ1v) is 9.93. The SMILES string of the molecule is Cc1c(Cl)cccc1NC(=O)c1oc2c(c1C)/C(=N/NC(=O)c1ccco1)CCC2. The number of amides is 2. The summed E-state index contributed by atoms with van der Waals surface area (Å²) in [5.74, 6) is 0.307. The Morgan fingerprint density at radius 1 is 1.07 bits per heavy atom. The summed E-state index contributed by atoms with van der Waals surface area (Å²) in [5.41, 5.74) is 6.06. The van der Waals surface area contributed by atoms with E-state index in [-0.39, 0.29) is 17.4 Å². The molecule has 0 spiro atoms. The van der Waals surface area contributed by atoms with E-state index in [1.807, 2.05) is 13.8 Å². The summed E-state index contributed by atoms with van der Waals surface area (Å²) in [5, 5.41) is 7.71. The van der Waals surface area contributed by atoms with Crippen LogP contribution in [0.2, 0.25) is 5.02 Å². The summed E-state index contributed by atoms with van der Waals surface area (Å²) in [6, 6.07) is 8.52. The molecular formula is C22H20ClN3O4. The van der Waals surface area contributed by atoms with Gasteiger partial charge in [0.1, 0.15) is 5.76 Å². The maximum Gasteiger partial charge on any atom is 0.307 e. The molecule has 1 aromatic carbocycles. The average Bonchev–Trinajstić information content (AvgIpc) is 3.38. The first-order valence-electron chi connectivity index (χ1n) is 9.55. The summed E-state index contributed by atoms with van der Waals surface area (Å²) in [7, 11) is 0. The summed E-state index contributed by atoms with van der Waals surface area (Å²) >= 11 is 6.14. The molecule has 0 atom stereocenters. The van der Waals surface area contributed by atoms with Gasteiger partial charge in [0, 0.05) is 28.3 Å². The summed E-state index contributed by atoms with van der Waals surface area (Å²) in [6.07, 6.45) is 3.60. The molecule has 0 saturated carbocycles. The van der Waals surface area contributed by atoms with Gasteiger partial charge in [0.05, 0.1) is 12.0 Å². The number of nitrogens with zero attached hydrogens (tertiary/aromatic N) is 1. The van der Waals surface area contributed by atoms with Gasteiger partial charge in [-0.1, -0.05) is 17.7 Å². The minimum Gasteiger partial charge on any atom is -0.459 e. The van der Waals surface area contributed by atoms with Gasteiger partial charge in [0.2, 0.25) is 0 Å². The van der Waals surface area contributed by atoms with Crippen LogP contribution in [0.5, 0.6) is 0 Å². The van der Waals surface area contributed by atoms with Crippen LogP contribution in [-0.2, 0) is 6.42 Å². The maximum absolute atomic E-state index is 12.9. The van der Waals surface area contributed by atoms with Crippen LogP contribution in [0.1, 0.15) is 56.4 Å². The highest BCUT2D eigenvalue weighted by atomic mass is 35.5. The van der Waals surface area contributed by atoms with Crippen LogP contribution in [0.15, 0.2) is 50.5 Å². The van der Waals surface area contributed by atoms with Crippen molar-refractivity contribution in [1.82, 2.24) is 5.43 Å². The zero-order chi connectivity index (χ0) is 21.3. The van der Waals surface area contributed by atoms with Gasteiger partial charge in [0.15, 0.2) is 11.5 Å². The van der Waals surface area contributed by atoms with Crippen molar-refractivity contribution in [3.63, 3.8) is 0 Å². The Morgan fingerprint density at radius 3 is 2.67 bits per heavy atom. The molecule has 30 heavy (non-hydrogen) atoms. The van der Waals surface area contributed by atoms with Gasteiger partial charge in [-0.25, -0.2) is 5.43 Å².